The molecular formula is C9H19NO2. The van der Waals surface area contributed by atoms with Crippen LogP contribution in [-0.4, -0.2) is 25.2 Å². The van der Waals surface area contributed by atoms with Gasteiger partial charge in [0.15, 0.2) is 0 Å². The van der Waals surface area contributed by atoms with Crippen molar-refractivity contribution in [2.24, 2.45) is 5.92 Å². The summed E-state index contributed by atoms with van der Waals surface area (Å²) in [6, 6.07) is 0.141. The SMILES string of the molecule is CCOCC(NC(C)=O)C(C)C. The van der Waals surface area contributed by atoms with E-state index in [-0.39, 0.29) is 11.9 Å². The van der Waals surface area contributed by atoms with Crippen LogP contribution >= 0.6 is 0 Å². The van der Waals surface area contributed by atoms with Crippen LogP contribution in [0.5, 0.6) is 0 Å². The van der Waals surface area contributed by atoms with Gasteiger partial charge in [0.1, 0.15) is 0 Å². The van der Waals surface area contributed by atoms with Gasteiger partial charge in [-0.15, -0.1) is 0 Å². The number of carbonyl (C=O) groups is 1. The molecule has 0 aromatic heterocycles. The summed E-state index contributed by atoms with van der Waals surface area (Å²) in [7, 11) is 0. The highest BCUT2D eigenvalue weighted by Crippen LogP contribution is 2.01. The molecule has 1 atom stereocenters. The summed E-state index contributed by atoms with van der Waals surface area (Å²) in [6.07, 6.45) is 0. The highest BCUT2D eigenvalue weighted by Gasteiger charge is 2.13. The smallest absolute Gasteiger partial charge is 0.217 e. The number of carbonyl (C=O) groups excluding carboxylic acids is 1. The fourth-order valence-corrected chi connectivity index (χ4v) is 0.907. The molecule has 3 nitrogen and oxygen atoms in total. The van der Waals surface area contributed by atoms with Gasteiger partial charge in [0, 0.05) is 13.5 Å². The minimum Gasteiger partial charge on any atom is -0.380 e. The standard InChI is InChI=1S/C9H19NO2/c1-5-12-6-9(7(2)3)10-8(4)11/h7,9H,5-6H2,1-4H3,(H,10,11). The van der Waals surface area contributed by atoms with E-state index in [0.29, 0.717) is 19.1 Å². The van der Waals surface area contributed by atoms with E-state index in [9.17, 15) is 4.79 Å². The zero-order chi connectivity index (χ0) is 9.56. The van der Waals surface area contributed by atoms with Crippen molar-refractivity contribution in [3.8, 4) is 0 Å². The molecule has 3 heteroatoms. The molecule has 0 aromatic rings. The maximum absolute atomic E-state index is 10.8. The Labute approximate surface area is 74.5 Å². The normalized spacial score (nSPS) is 13.1. The Morgan fingerprint density at radius 2 is 2.08 bits per heavy atom. The topological polar surface area (TPSA) is 38.3 Å². The van der Waals surface area contributed by atoms with Crippen molar-refractivity contribution in [1.29, 1.82) is 0 Å². The van der Waals surface area contributed by atoms with Gasteiger partial charge in [-0.2, -0.15) is 0 Å². The first-order valence-electron chi connectivity index (χ1n) is 4.42. The summed E-state index contributed by atoms with van der Waals surface area (Å²) in [4.78, 5) is 10.8. The van der Waals surface area contributed by atoms with Crippen LogP contribution in [-0.2, 0) is 9.53 Å². The van der Waals surface area contributed by atoms with E-state index in [0.717, 1.165) is 0 Å². The molecule has 0 rings (SSSR count). The second-order valence-electron chi connectivity index (χ2n) is 3.21. The lowest BCUT2D eigenvalue weighted by Crippen LogP contribution is -2.40. The molecule has 0 aliphatic heterocycles. The number of hydrogen-bond donors (Lipinski definition) is 1. The molecule has 72 valence electrons. The Morgan fingerprint density at radius 1 is 1.50 bits per heavy atom. The van der Waals surface area contributed by atoms with Crippen molar-refractivity contribution in [2.45, 2.75) is 33.7 Å². The van der Waals surface area contributed by atoms with E-state index in [2.05, 4.69) is 19.2 Å². The van der Waals surface area contributed by atoms with Gasteiger partial charge in [-0.1, -0.05) is 13.8 Å². The Kier molecular flexibility index (Phi) is 5.72. The molecule has 0 fully saturated rings. The highest BCUT2D eigenvalue weighted by atomic mass is 16.5. The van der Waals surface area contributed by atoms with Gasteiger partial charge in [0.25, 0.3) is 0 Å². The van der Waals surface area contributed by atoms with E-state index in [1.165, 1.54) is 6.92 Å². The van der Waals surface area contributed by atoms with Gasteiger partial charge in [-0.25, -0.2) is 0 Å². The predicted molar refractivity (Wildman–Crippen MR) is 48.9 cm³/mol. The van der Waals surface area contributed by atoms with E-state index in [1.54, 1.807) is 0 Å². The molecule has 0 heterocycles. The minimum absolute atomic E-state index is 0.00778. The Hall–Kier alpha value is -0.570. The summed E-state index contributed by atoms with van der Waals surface area (Å²) in [6.45, 7) is 8.92. The van der Waals surface area contributed by atoms with Crippen LogP contribution < -0.4 is 5.32 Å². The number of hydrogen-bond acceptors (Lipinski definition) is 2. The van der Waals surface area contributed by atoms with Crippen LogP contribution in [0.4, 0.5) is 0 Å². The zero-order valence-electron chi connectivity index (χ0n) is 8.39. The largest absolute Gasteiger partial charge is 0.380 e. The van der Waals surface area contributed by atoms with E-state index >= 15 is 0 Å². The molecule has 0 radical (unpaired) electrons. The first-order chi connectivity index (χ1) is 5.57. The molecule has 1 N–H and O–H groups in total. The number of nitrogens with one attached hydrogen (secondary N) is 1. The first-order valence-corrected chi connectivity index (χ1v) is 4.42. The fourth-order valence-electron chi connectivity index (χ4n) is 0.907. The van der Waals surface area contributed by atoms with Crippen LogP contribution in [0.15, 0.2) is 0 Å². The maximum atomic E-state index is 10.8. The molecule has 0 saturated heterocycles. The van der Waals surface area contributed by atoms with Crippen molar-refractivity contribution in [3.63, 3.8) is 0 Å². The quantitative estimate of drug-likeness (QED) is 0.678. The summed E-state index contributed by atoms with van der Waals surface area (Å²) in [5.74, 6) is 0.425. The molecule has 0 spiro atoms. The third-order valence-corrected chi connectivity index (χ3v) is 1.69. The lowest BCUT2D eigenvalue weighted by Gasteiger charge is -2.20. The van der Waals surface area contributed by atoms with Crippen LogP contribution in [0, 0.1) is 5.92 Å². The van der Waals surface area contributed by atoms with E-state index in [1.807, 2.05) is 6.92 Å². The minimum atomic E-state index is 0.00778. The van der Waals surface area contributed by atoms with Crippen molar-refractivity contribution in [3.05, 3.63) is 0 Å². The van der Waals surface area contributed by atoms with Crippen LogP contribution in [0.3, 0.4) is 0 Å². The first kappa shape index (κ1) is 11.4. The molecule has 0 aromatic carbocycles. The average Bonchev–Trinajstić information content (AvgIpc) is 1.96. The summed E-state index contributed by atoms with van der Waals surface area (Å²) in [5.41, 5.74) is 0. The van der Waals surface area contributed by atoms with Crippen molar-refractivity contribution >= 4 is 5.91 Å². The lowest BCUT2D eigenvalue weighted by molar-refractivity contribution is -0.120. The van der Waals surface area contributed by atoms with Crippen molar-refractivity contribution in [1.82, 2.24) is 5.32 Å². The van der Waals surface area contributed by atoms with Crippen LogP contribution in [0.2, 0.25) is 0 Å². The molecule has 12 heavy (non-hydrogen) atoms. The number of ether oxygens (including phenoxy) is 1. The monoisotopic (exact) mass is 173 g/mol. The summed E-state index contributed by atoms with van der Waals surface area (Å²) < 4.78 is 5.24. The molecule has 0 aliphatic rings. The van der Waals surface area contributed by atoms with E-state index in [4.69, 9.17) is 4.74 Å². The van der Waals surface area contributed by atoms with Gasteiger partial charge < -0.3 is 10.1 Å². The second kappa shape index (κ2) is 6.00. The Morgan fingerprint density at radius 3 is 2.42 bits per heavy atom. The average molecular weight is 173 g/mol. The highest BCUT2D eigenvalue weighted by molar-refractivity contribution is 5.73. The summed E-state index contributed by atoms with van der Waals surface area (Å²) >= 11 is 0. The van der Waals surface area contributed by atoms with Crippen LogP contribution in [0.25, 0.3) is 0 Å². The van der Waals surface area contributed by atoms with Gasteiger partial charge in [0.05, 0.1) is 12.6 Å². The molecule has 0 saturated carbocycles. The fraction of sp³-hybridized carbons (Fsp3) is 0.889. The van der Waals surface area contributed by atoms with Gasteiger partial charge in [0.2, 0.25) is 5.91 Å². The van der Waals surface area contributed by atoms with Gasteiger partial charge in [-0.3, -0.25) is 4.79 Å². The molecule has 1 amide bonds. The van der Waals surface area contributed by atoms with Crippen molar-refractivity contribution < 1.29 is 9.53 Å². The Bertz CT molecular complexity index is 134. The second-order valence-corrected chi connectivity index (χ2v) is 3.21. The molecule has 0 bridgehead atoms. The lowest BCUT2D eigenvalue weighted by atomic mass is 10.1. The van der Waals surface area contributed by atoms with E-state index < -0.39 is 0 Å². The Balaban J connectivity index is 3.78. The predicted octanol–water partition coefficient (Wildman–Crippen LogP) is 1.18. The molecule has 0 aliphatic carbocycles. The third kappa shape index (κ3) is 5.13. The number of rotatable bonds is 5. The third-order valence-electron chi connectivity index (χ3n) is 1.69. The van der Waals surface area contributed by atoms with Gasteiger partial charge in [-0.05, 0) is 12.8 Å². The zero-order valence-corrected chi connectivity index (χ0v) is 8.39. The van der Waals surface area contributed by atoms with Gasteiger partial charge >= 0.3 is 0 Å². The molecular weight excluding hydrogens is 154 g/mol. The number of amides is 1. The molecule has 1 unspecified atom stereocenters. The van der Waals surface area contributed by atoms with Crippen LogP contribution in [0.1, 0.15) is 27.7 Å². The summed E-state index contributed by atoms with van der Waals surface area (Å²) in [5, 5.41) is 2.85. The van der Waals surface area contributed by atoms with Crippen molar-refractivity contribution in [2.75, 3.05) is 13.2 Å². The maximum Gasteiger partial charge on any atom is 0.217 e.